The van der Waals surface area contributed by atoms with Crippen LogP contribution in [0.2, 0.25) is 5.02 Å². The number of halogens is 1. The van der Waals surface area contributed by atoms with Gasteiger partial charge < -0.3 is 16.0 Å². The van der Waals surface area contributed by atoms with E-state index in [1.54, 1.807) is 22.9 Å². The Kier molecular flexibility index (Phi) is 5.46. The molecule has 0 radical (unpaired) electrons. The third-order valence-electron chi connectivity index (χ3n) is 5.71. The van der Waals surface area contributed by atoms with Gasteiger partial charge >= 0.3 is 0 Å². The predicted octanol–water partition coefficient (Wildman–Crippen LogP) is 5.44. The fraction of sp³-hybridized carbons (Fsp3) is 0.0800. The molecule has 6 nitrogen and oxygen atoms in total. The number of hydrogen-bond acceptors (Lipinski definition) is 5. The zero-order valence-corrected chi connectivity index (χ0v) is 19.1. The second-order valence-corrected chi connectivity index (χ2v) is 9.36. The second-order valence-electron chi connectivity index (χ2n) is 8.02. The summed E-state index contributed by atoms with van der Waals surface area (Å²) in [6.07, 6.45) is 2.03. The number of carbonyl (C=O) groups is 1. The molecule has 33 heavy (non-hydrogen) atoms. The van der Waals surface area contributed by atoms with Crippen LogP contribution in [0.25, 0.3) is 32.1 Å². The summed E-state index contributed by atoms with van der Waals surface area (Å²) in [5.41, 5.74) is 19.8. The van der Waals surface area contributed by atoms with Gasteiger partial charge in [0.15, 0.2) is 0 Å². The quantitative estimate of drug-likeness (QED) is 0.154. The molecule has 0 atom stereocenters. The normalized spacial score (nSPS) is 11.3. The molecule has 0 aliphatic heterocycles. The molecule has 0 aliphatic rings. The minimum atomic E-state index is -0.463. The Hall–Kier alpha value is -3.52. The van der Waals surface area contributed by atoms with E-state index < -0.39 is 5.91 Å². The van der Waals surface area contributed by atoms with E-state index >= 15 is 0 Å². The summed E-state index contributed by atoms with van der Waals surface area (Å²) in [6.45, 7) is 0.611. The summed E-state index contributed by atoms with van der Waals surface area (Å²) < 4.78 is 3.29. The molecule has 0 saturated carbocycles. The van der Waals surface area contributed by atoms with E-state index in [1.165, 1.54) is 4.70 Å². The Balaban J connectivity index is 1.65. The van der Waals surface area contributed by atoms with E-state index in [-0.39, 0.29) is 6.42 Å². The molecule has 0 aliphatic carbocycles. The lowest BCUT2D eigenvalue weighted by molar-refractivity contribution is -0.128. The first kappa shape index (κ1) is 21.3. The molecule has 0 bridgehead atoms. The van der Waals surface area contributed by atoms with Gasteiger partial charge in [-0.3, -0.25) is 10.0 Å². The monoisotopic (exact) mass is 476 g/mol. The van der Waals surface area contributed by atoms with Gasteiger partial charge in [0, 0.05) is 44.7 Å². The lowest BCUT2D eigenvalue weighted by Gasteiger charge is -2.09. The summed E-state index contributed by atoms with van der Waals surface area (Å²) in [5, 5.41) is 13.9. The number of nitrogens with one attached hydrogen (secondary N) is 1. The van der Waals surface area contributed by atoms with E-state index in [1.807, 2.05) is 48.7 Å². The van der Waals surface area contributed by atoms with Crippen molar-refractivity contribution >= 4 is 61.2 Å². The molecule has 3 aromatic carbocycles. The Bertz CT molecular complexity index is 1500. The van der Waals surface area contributed by atoms with Gasteiger partial charge in [-0.1, -0.05) is 23.7 Å². The van der Waals surface area contributed by atoms with Crippen molar-refractivity contribution < 1.29 is 10.0 Å². The van der Waals surface area contributed by atoms with Crippen molar-refractivity contribution in [2.75, 3.05) is 11.5 Å². The molecule has 6 N–H and O–H groups in total. The number of nitrogens with two attached hydrogens (primary N) is 2. The summed E-state index contributed by atoms with van der Waals surface area (Å²) in [5.74, 6) is -0.463. The molecule has 5 rings (SSSR count). The largest absolute Gasteiger partial charge is 0.399 e. The molecular weight excluding hydrogens is 456 g/mol. The molecule has 166 valence electrons. The highest BCUT2D eigenvalue weighted by molar-refractivity contribution is 7.17. The molecule has 0 fully saturated rings. The van der Waals surface area contributed by atoms with Gasteiger partial charge in [-0.25, -0.2) is 5.48 Å². The van der Waals surface area contributed by atoms with Crippen LogP contribution in [0.1, 0.15) is 11.1 Å². The van der Waals surface area contributed by atoms with Crippen LogP contribution in [0, 0.1) is 0 Å². The van der Waals surface area contributed by atoms with E-state index in [4.69, 9.17) is 28.3 Å². The number of nitrogen functional groups attached to an aromatic ring is 2. The summed E-state index contributed by atoms with van der Waals surface area (Å²) in [4.78, 5) is 11.9. The number of benzene rings is 3. The first-order valence-electron chi connectivity index (χ1n) is 10.3. The fourth-order valence-electron chi connectivity index (χ4n) is 4.23. The van der Waals surface area contributed by atoms with Gasteiger partial charge in [0.05, 0.1) is 6.42 Å². The number of thiophene rings is 1. The van der Waals surface area contributed by atoms with E-state index in [9.17, 15) is 4.79 Å². The van der Waals surface area contributed by atoms with Crippen LogP contribution in [0.15, 0.2) is 66.2 Å². The van der Waals surface area contributed by atoms with Gasteiger partial charge in [0.1, 0.15) is 0 Å². The summed E-state index contributed by atoms with van der Waals surface area (Å²) in [7, 11) is 0. The highest BCUT2D eigenvalue weighted by atomic mass is 35.5. The zero-order valence-electron chi connectivity index (χ0n) is 17.5. The lowest BCUT2D eigenvalue weighted by atomic mass is 10.0. The first-order valence-corrected chi connectivity index (χ1v) is 11.5. The topological polar surface area (TPSA) is 106 Å². The van der Waals surface area contributed by atoms with E-state index in [2.05, 4.69) is 16.0 Å². The van der Waals surface area contributed by atoms with Crippen molar-refractivity contribution in [1.82, 2.24) is 10.0 Å². The highest BCUT2D eigenvalue weighted by Gasteiger charge is 2.15. The molecule has 8 heteroatoms. The second kappa shape index (κ2) is 8.44. The van der Waals surface area contributed by atoms with Crippen molar-refractivity contribution in [3.8, 4) is 11.1 Å². The van der Waals surface area contributed by atoms with Crippen LogP contribution in [-0.2, 0) is 17.8 Å². The minimum Gasteiger partial charge on any atom is -0.399 e. The van der Waals surface area contributed by atoms with Gasteiger partial charge in [0.25, 0.3) is 0 Å². The van der Waals surface area contributed by atoms with Gasteiger partial charge in [0.2, 0.25) is 5.91 Å². The molecule has 0 unspecified atom stereocenters. The number of anilines is 2. The van der Waals surface area contributed by atoms with Crippen molar-refractivity contribution in [2.24, 2.45) is 0 Å². The number of nitrogens with zero attached hydrogens (tertiary/aromatic N) is 1. The SMILES string of the molecule is Nc1cc(N)cc(-c2ccc3c(CC(=O)NO)cn(Cc4csc5ccc(Cl)cc45)c3c2)c1. The van der Waals surface area contributed by atoms with Crippen molar-refractivity contribution in [2.45, 2.75) is 13.0 Å². The van der Waals surface area contributed by atoms with Crippen LogP contribution < -0.4 is 16.9 Å². The van der Waals surface area contributed by atoms with Crippen LogP contribution in [0.3, 0.4) is 0 Å². The number of aromatic nitrogens is 1. The molecule has 0 spiro atoms. The van der Waals surface area contributed by atoms with Gasteiger partial charge in [-0.2, -0.15) is 0 Å². The smallest absolute Gasteiger partial charge is 0.247 e. The van der Waals surface area contributed by atoms with Crippen molar-refractivity contribution in [1.29, 1.82) is 0 Å². The fourth-order valence-corrected chi connectivity index (χ4v) is 5.34. The maximum absolute atomic E-state index is 11.9. The number of carbonyl (C=O) groups excluding carboxylic acids is 1. The van der Waals surface area contributed by atoms with Crippen LogP contribution in [0.5, 0.6) is 0 Å². The van der Waals surface area contributed by atoms with Crippen molar-refractivity contribution in [3.05, 3.63) is 82.3 Å². The van der Waals surface area contributed by atoms with Gasteiger partial charge in [-0.15, -0.1) is 11.3 Å². The Morgan fingerprint density at radius 1 is 0.970 bits per heavy atom. The Morgan fingerprint density at radius 2 is 1.76 bits per heavy atom. The molecule has 2 heterocycles. The summed E-state index contributed by atoms with van der Waals surface area (Å²) >= 11 is 7.92. The van der Waals surface area contributed by atoms with Crippen LogP contribution in [0.4, 0.5) is 11.4 Å². The maximum Gasteiger partial charge on any atom is 0.247 e. The lowest BCUT2D eigenvalue weighted by Crippen LogP contribution is -2.20. The van der Waals surface area contributed by atoms with Gasteiger partial charge in [-0.05, 0) is 75.5 Å². The first-order chi connectivity index (χ1) is 15.9. The number of hydrogen-bond donors (Lipinski definition) is 4. The minimum absolute atomic E-state index is 0.0702. The van der Waals surface area contributed by atoms with Crippen LogP contribution >= 0.6 is 22.9 Å². The average Bonchev–Trinajstić information content (AvgIpc) is 3.34. The molecule has 1 amide bonds. The predicted molar refractivity (Wildman–Crippen MR) is 136 cm³/mol. The molecular formula is C25H21ClN4O2S. The number of rotatable bonds is 5. The highest BCUT2D eigenvalue weighted by Crippen LogP contribution is 2.33. The molecule has 2 aromatic heterocycles. The summed E-state index contributed by atoms with van der Waals surface area (Å²) in [6, 6.07) is 17.5. The zero-order chi connectivity index (χ0) is 23.1. The third kappa shape index (κ3) is 4.14. The van der Waals surface area contributed by atoms with E-state index in [0.717, 1.165) is 38.5 Å². The average molecular weight is 477 g/mol. The third-order valence-corrected chi connectivity index (χ3v) is 6.96. The number of hydroxylamine groups is 1. The maximum atomic E-state index is 11.9. The van der Waals surface area contributed by atoms with Crippen molar-refractivity contribution in [3.63, 3.8) is 0 Å². The molecule has 5 aromatic rings. The van der Waals surface area contributed by atoms with Crippen LogP contribution in [-0.4, -0.2) is 15.7 Å². The number of fused-ring (bicyclic) bond motifs is 2. The Labute approximate surface area is 199 Å². The molecule has 0 saturated heterocycles. The standard InChI is InChI=1S/C25H21ClN4O2S/c26-18-2-4-24-22(9-18)17(13-33-24)12-30-11-16(8-25(31)29-32)21-3-1-14(7-23(21)30)15-5-19(27)10-20(28)6-15/h1-7,9-11,13,32H,8,12,27-28H2,(H,29,31). The Morgan fingerprint density at radius 3 is 2.52 bits per heavy atom. The number of amides is 1. The van der Waals surface area contributed by atoms with E-state index in [0.29, 0.717) is 22.9 Å².